The van der Waals surface area contributed by atoms with Crippen molar-refractivity contribution in [2.24, 2.45) is 5.10 Å². The molecule has 0 radical (unpaired) electrons. The standard InChI is InChI=1S/C42H29N5/c43-42-33(30-23-24-37-36-18-6-7-20-38(36)46(41(37)27-30)31-13-2-1-3-14-31)19-11-25-45(42)44-28-29-12-10-15-32(26-29)47-39-21-8-4-16-34(39)35-17-5-9-22-40(35)47/h1-28,43H/b43-42?,44-28+. The van der Waals surface area contributed by atoms with Crippen LogP contribution < -0.4 is 5.49 Å². The molecule has 0 aliphatic heterocycles. The number of nitrogens with zero attached hydrogens (tertiary/aromatic N) is 4. The third-order valence-electron chi connectivity index (χ3n) is 9.01. The summed E-state index contributed by atoms with van der Waals surface area (Å²) in [6.45, 7) is 0. The van der Waals surface area contributed by atoms with Gasteiger partial charge in [-0.1, -0.05) is 97.1 Å². The minimum atomic E-state index is 0.323. The van der Waals surface area contributed by atoms with E-state index in [9.17, 15) is 0 Å². The second-order valence-electron chi connectivity index (χ2n) is 11.7. The predicted molar refractivity (Wildman–Crippen MR) is 194 cm³/mol. The molecule has 0 bridgehead atoms. The molecule has 3 aromatic heterocycles. The van der Waals surface area contributed by atoms with E-state index in [1.807, 2.05) is 36.7 Å². The highest BCUT2D eigenvalue weighted by atomic mass is 15.3. The number of hydrogen-bond donors (Lipinski definition) is 1. The summed E-state index contributed by atoms with van der Waals surface area (Å²) in [4.78, 5) is 0. The lowest BCUT2D eigenvalue weighted by Crippen LogP contribution is -2.17. The van der Waals surface area contributed by atoms with Gasteiger partial charge in [0.15, 0.2) is 5.49 Å². The van der Waals surface area contributed by atoms with E-state index in [1.54, 1.807) is 4.68 Å². The quantitative estimate of drug-likeness (QED) is 0.191. The molecule has 0 saturated carbocycles. The van der Waals surface area contributed by atoms with E-state index in [0.29, 0.717) is 5.49 Å². The summed E-state index contributed by atoms with van der Waals surface area (Å²) in [6, 6.07) is 54.8. The molecule has 0 spiro atoms. The van der Waals surface area contributed by atoms with Crippen LogP contribution in [0.15, 0.2) is 169 Å². The van der Waals surface area contributed by atoms with Crippen LogP contribution in [-0.2, 0) is 0 Å². The Morgan fingerprint density at radius 3 is 1.72 bits per heavy atom. The summed E-state index contributed by atoms with van der Waals surface area (Å²) >= 11 is 0. The first-order valence-electron chi connectivity index (χ1n) is 15.7. The van der Waals surface area contributed by atoms with Crippen molar-refractivity contribution in [3.8, 4) is 22.5 Å². The smallest absolute Gasteiger partial charge is 0.153 e. The number of rotatable bonds is 5. The zero-order chi connectivity index (χ0) is 31.3. The SMILES string of the molecule is N=c1c(-c2ccc3c4ccccc4n(-c4ccccc4)c3c2)cccn1/N=C/c1cccc(-n2c3ccccc3c3ccccc32)c1. The molecule has 0 unspecified atom stereocenters. The Hall–Kier alpha value is -6.46. The third-order valence-corrected chi connectivity index (χ3v) is 9.01. The Balaban J connectivity index is 1.11. The fourth-order valence-electron chi connectivity index (χ4n) is 6.89. The molecule has 5 nitrogen and oxygen atoms in total. The van der Waals surface area contributed by atoms with Gasteiger partial charge >= 0.3 is 0 Å². The van der Waals surface area contributed by atoms with Crippen LogP contribution in [0.5, 0.6) is 0 Å². The van der Waals surface area contributed by atoms with Gasteiger partial charge in [-0.05, 0) is 71.8 Å². The van der Waals surface area contributed by atoms with Crippen LogP contribution in [0.25, 0.3) is 66.1 Å². The zero-order valence-electron chi connectivity index (χ0n) is 25.5. The molecule has 9 rings (SSSR count). The summed E-state index contributed by atoms with van der Waals surface area (Å²) in [5, 5.41) is 18.8. The average Bonchev–Trinajstić information content (AvgIpc) is 3.64. The highest BCUT2D eigenvalue weighted by Gasteiger charge is 2.14. The number of para-hydroxylation sites is 4. The number of fused-ring (bicyclic) bond motifs is 6. The second-order valence-corrected chi connectivity index (χ2v) is 11.7. The van der Waals surface area contributed by atoms with Crippen LogP contribution in [0.3, 0.4) is 0 Å². The fraction of sp³-hybridized carbons (Fsp3) is 0. The Morgan fingerprint density at radius 1 is 0.468 bits per heavy atom. The van der Waals surface area contributed by atoms with E-state index >= 15 is 0 Å². The molecule has 0 atom stereocenters. The predicted octanol–water partition coefficient (Wildman–Crippen LogP) is 9.71. The first kappa shape index (κ1) is 26.9. The van der Waals surface area contributed by atoms with Gasteiger partial charge in [0.25, 0.3) is 0 Å². The molecule has 5 heteroatoms. The molecule has 0 saturated heterocycles. The lowest BCUT2D eigenvalue weighted by molar-refractivity contribution is 0.797. The van der Waals surface area contributed by atoms with Crippen LogP contribution >= 0.6 is 0 Å². The maximum absolute atomic E-state index is 9.16. The molecule has 1 N–H and O–H groups in total. The third kappa shape index (κ3) is 4.40. The van der Waals surface area contributed by atoms with Crippen molar-refractivity contribution in [2.45, 2.75) is 0 Å². The van der Waals surface area contributed by atoms with Crippen molar-refractivity contribution >= 4 is 49.8 Å². The van der Waals surface area contributed by atoms with Crippen LogP contribution in [0.1, 0.15) is 5.56 Å². The molecule has 47 heavy (non-hydrogen) atoms. The Labute approximate surface area is 271 Å². The molecule has 0 aliphatic rings. The maximum Gasteiger partial charge on any atom is 0.153 e. The number of nitrogens with one attached hydrogen (secondary N) is 1. The van der Waals surface area contributed by atoms with Crippen molar-refractivity contribution in [3.63, 3.8) is 0 Å². The first-order chi connectivity index (χ1) is 23.2. The number of hydrogen-bond acceptors (Lipinski definition) is 2. The van der Waals surface area contributed by atoms with Gasteiger partial charge in [0.1, 0.15) is 0 Å². The Bertz CT molecular complexity index is 2650. The van der Waals surface area contributed by atoms with E-state index in [2.05, 4.69) is 143 Å². The fourth-order valence-corrected chi connectivity index (χ4v) is 6.89. The summed E-state index contributed by atoms with van der Waals surface area (Å²) in [5.74, 6) is 0. The van der Waals surface area contributed by atoms with E-state index < -0.39 is 0 Å². The minimum Gasteiger partial charge on any atom is -0.309 e. The summed E-state index contributed by atoms with van der Waals surface area (Å²) in [7, 11) is 0. The van der Waals surface area contributed by atoms with Crippen LogP contribution in [0, 0.1) is 5.41 Å². The molecule has 0 fully saturated rings. The topological polar surface area (TPSA) is 51.0 Å². The van der Waals surface area contributed by atoms with Gasteiger partial charge in [0.2, 0.25) is 0 Å². The maximum atomic E-state index is 9.16. The van der Waals surface area contributed by atoms with Crippen molar-refractivity contribution in [3.05, 3.63) is 175 Å². The lowest BCUT2D eigenvalue weighted by Gasteiger charge is -2.10. The van der Waals surface area contributed by atoms with Gasteiger partial charge < -0.3 is 9.13 Å². The van der Waals surface area contributed by atoms with Gasteiger partial charge in [0.05, 0.1) is 28.3 Å². The zero-order valence-corrected chi connectivity index (χ0v) is 25.5. The Morgan fingerprint density at radius 2 is 1.04 bits per heavy atom. The Kier molecular flexibility index (Phi) is 6.22. The number of pyridine rings is 1. The molecule has 3 heterocycles. The van der Waals surface area contributed by atoms with E-state index in [4.69, 9.17) is 10.5 Å². The normalized spacial score (nSPS) is 11.8. The van der Waals surface area contributed by atoms with Crippen molar-refractivity contribution in [1.29, 1.82) is 5.41 Å². The summed E-state index contributed by atoms with van der Waals surface area (Å²) < 4.78 is 6.24. The molecular formula is C42H29N5. The molecule has 0 aliphatic carbocycles. The first-order valence-corrected chi connectivity index (χ1v) is 15.7. The highest BCUT2D eigenvalue weighted by Crippen LogP contribution is 2.34. The molecule has 9 aromatic rings. The van der Waals surface area contributed by atoms with E-state index in [-0.39, 0.29) is 0 Å². The van der Waals surface area contributed by atoms with Gasteiger partial charge in [-0.3, -0.25) is 5.41 Å². The molecule has 222 valence electrons. The lowest BCUT2D eigenvalue weighted by atomic mass is 10.0. The van der Waals surface area contributed by atoms with Crippen molar-refractivity contribution in [1.82, 2.24) is 13.8 Å². The van der Waals surface area contributed by atoms with Gasteiger partial charge in [-0.25, -0.2) is 4.68 Å². The average molecular weight is 604 g/mol. The largest absolute Gasteiger partial charge is 0.309 e. The van der Waals surface area contributed by atoms with Crippen molar-refractivity contribution < 1.29 is 0 Å². The molecule has 0 amide bonds. The van der Waals surface area contributed by atoms with Crippen LogP contribution in [-0.4, -0.2) is 20.0 Å². The van der Waals surface area contributed by atoms with Gasteiger partial charge in [-0.15, -0.1) is 0 Å². The highest BCUT2D eigenvalue weighted by molar-refractivity contribution is 6.10. The molecule has 6 aromatic carbocycles. The number of benzene rings is 6. The summed E-state index contributed by atoms with van der Waals surface area (Å²) in [6.07, 6.45) is 3.66. The van der Waals surface area contributed by atoms with E-state index in [1.165, 1.54) is 32.6 Å². The van der Waals surface area contributed by atoms with Gasteiger partial charge in [0, 0.05) is 44.7 Å². The summed E-state index contributed by atoms with van der Waals surface area (Å²) in [5.41, 5.74) is 9.84. The van der Waals surface area contributed by atoms with Crippen LogP contribution in [0.2, 0.25) is 0 Å². The van der Waals surface area contributed by atoms with Crippen molar-refractivity contribution in [2.75, 3.05) is 0 Å². The van der Waals surface area contributed by atoms with Gasteiger partial charge in [-0.2, -0.15) is 5.10 Å². The monoisotopic (exact) mass is 603 g/mol. The molecular weight excluding hydrogens is 574 g/mol. The number of aromatic nitrogens is 3. The minimum absolute atomic E-state index is 0.323. The van der Waals surface area contributed by atoms with E-state index in [0.717, 1.165) is 39.1 Å². The van der Waals surface area contributed by atoms with Crippen LogP contribution in [0.4, 0.5) is 0 Å². The second kappa shape index (κ2) is 10.9.